The fourth-order valence-electron chi connectivity index (χ4n) is 2.76. The Hall–Kier alpha value is -1.61. The SMILES string of the molecule is C=CCc1ccc2nc(C3(N)CCC3)n(C)c2c1. The summed E-state index contributed by atoms with van der Waals surface area (Å²) in [6, 6.07) is 6.39. The average molecular weight is 241 g/mol. The monoisotopic (exact) mass is 241 g/mol. The zero-order valence-corrected chi connectivity index (χ0v) is 10.8. The molecule has 1 aromatic carbocycles. The number of nitrogens with zero attached hydrogens (tertiary/aromatic N) is 2. The molecule has 0 aliphatic heterocycles. The van der Waals surface area contributed by atoms with Crippen molar-refractivity contribution in [3.8, 4) is 0 Å². The van der Waals surface area contributed by atoms with Crippen molar-refractivity contribution in [1.82, 2.24) is 9.55 Å². The van der Waals surface area contributed by atoms with Crippen molar-refractivity contribution in [2.24, 2.45) is 12.8 Å². The van der Waals surface area contributed by atoms with Crippen LogP contribution in [0.1, 0.15) is 30.7 Å². The maximum absolute atomic E-state index is 6.39. The first kappa shape index (κ1) is 11.5. The second-order valence-corrected chi connectivity index (χ2v) is 5.32. The molecule has 3 nitrogen and oxygen atoms in total. The van der Waals surface area contributed by atoms with Crippen LogP contribution in [0, 0.1) is 0 Å². The summed E-state index contributed by atoms with van der Waals surface area (Å²) in [5.74, 6) is 1.03. The molecule has 1 heterocycles. The van der Waals surface area contributed by atoms with Gasteiger partial charge >= 0.3 is 0 Å². The molecule has 18 heavy (non-hydrogen) atoms. The van der Waals surface area contributed by atoms with E-state index in [4.69, 9.17) is 10.7 Å². The van der Waals surface area contributed by atoms with E-state index < -0.39 is 0 Å². The van der Waals surface area contributed by atoms with Crippen molar-refractivity contribution in [3.63, 3.8) is 0 Å². The molecular weight excluding hydrogens is 222 g/mol. The van der Waals surface area contributed by atoms with E-state index in [0.29, 0.717) is 0 Å². The van der Waals surface area contributed by atoms with Crippen LogP contribution >= 0.6 is 0 Å². The van der Waals surface area contributed by atoms with E-state index in [-0.39, 0.29) is 5.54 Å². The minimum Gasteiger partial charge on any atom is -0.330 e. The molecule has 0 atom stereocenters. The summed E-state index contributed by atoms with van der Waals surface area (Å²) in [6.45, 7) is 3.78. The Balaban J connectivity index is 2.13. The fourth-order valence-corrected chi connectivity index (χ4v) is 2.76. The highest BCUT2D eigenvalue weighted by Crippen LogP contribution is 2.38. The summed E-state index contributed by atoms with van der Waals surface area (Å²) in [5, 5.41) is 0. The standard InChI is InChI=1S/C15H19N3/c1-3-5-11-6-7-12-13(10-11)18(2)14(17-12)15(16)8-4-9-15/h3,6-7,10H,1,4-5,8-9,16H2,2H3. The maximum Gasteiger partial charge on any atom is 0.129 e. The Morgan fingerprint density at radius 1 is 1.50 bits per heavy atom. The number of hydrogen-bond donors (Lipinski definition) is 1. The van der Waals surface area contributed by atoms with Crippen molar-refractivity contribution in [2.75, 3.05) is 0 Å². The topological polar surface area (TPSA) is 43.8 Å². The van der Waals surface area contributed by atoms with Gasteiger partial charge in [-0.25, -0.2) is 4.98 Å². The first-order valence-electron chi connectivity index (χ1n) is 6.50. The van der Waals surface area contributed by atoms with Crippen LogP contribution in [0.5, 0.6) is 0 Å². The lowest BCUT2D eigenvalue weighted by Gasteiger charge is -2.37. The van der Waals surface area contributed by atoms with Gasteiger partial charge in [0.05, 0.1) is 16.6 Å². The van der Waals surface area contributed by atoms with Crippen molar-refractivity contribution in [2.45, 2.75) is 31.2 Å². The second-order valence-electron chi connectivity index (χ2n) is 5.32. The van der Waals surface area contributed by atoms with E-state index in [1.54, 1.807) is 0 Å². The number of aryl methyl sites for hydroxylation is 1. The molecule has 0 radical (unpaired) electrons. The fraction of sp³-hybridized carbons (Fsp3) is 0.400. The molecule has 1 saturated carbocycles. The summed E-state index contributed by atoms with van der Waals surface area (Å²) >= 11 is 0. The lowest BCUT2D eigenvalue weighted by atomic mass is 9.77. The van der Waals surface area contributed by atoms with Crippen LogP contribution in [0.25, 0.3) is 11.0 Å². The molecule has 94 valence electrons. The number of rotatable bonds is 3. The second kappa shape index (κ2) is 3.95. The molecule has 1 aliphatic carbocycles. The molecular formula is C15H19N3. The summed E-state index contributed by atoms with van der Waals surface area (Å²) in [6.07, 6.45) is 6.12. The minimum absolute atomic E-state index is 0.202. The van der Waals surface area contributed by atoms with Crippen molar-refractivity contribution in [3.05, 3.63) is 42.2 Å². The molecule has 0 unspecified atom stereocenters. The number of benzene rings is 1. The summed E-state index contributed by atoms with van der Waals surface area (Å²) in [4.78, 5) is 4.72. The number of nitrogens with two attached hydrogens (primary N) is 1. The summed E-state index contributed by atoms with van der Waals surface area (Å²) in [5.41, 5.74) is 9.66. The highest BCUT2D eigenvalue weighted by molar-refractivity contribution is 5.77. The van der Waals surface area contributed by atoms with Gasteiger partial charge in [-0.05, 0) is 43.4 Å². The lowest BCUT2D eigenvalue weighted by molar-refractivity contribution is 0.234. The van der Waals surface area contributed by atoms with Gasteiger partial charge in [0.25, 0.3) is 0 Å². The van der Waals surface area contributed by atoms with Crippen LogP contribution in [0.15, 0.2) is 30.9 Å². The molecule has 1 aromatic heterocycles. The molecule has 0 saturated heterocycles. The average Bonchev–Trinajstić information content (AvgIpc) is 2.65. The van der Waals surface area contributed by atoms with Gasteiger partial charge in [-0.15, -0.1) is 6.58 Å². The third kappa shape index (κ3) is 1.58. The number of hydrogen-bond acceptors (Lipinski definition) is 2. The Kier molecular flexibility index (Phi) is 2.52. The van der Waals surface area contributed by atoms with E-state index in [2.05, 4.69) is 36.4 Å². The van der Waals surface area contributed by atoms with E-state index in [1.165, 1.54) is 17.5 Å². The smallest absolute Gasteiger partial charge is 0.129 e. The first-order valence-corrected chi connectivity index (χ1v) is 6.50. The maximum atomic E-state index is 6.39. The predicted octanol–water partition coefficient (Wildman–Crippen LogP) is 2.64. The third-order valence-electron chi connectivity index (χ3n) is 4.02. The van der Waals surface area contributed by atoms with Crippen LogP contribution in [-0.4, -0.2) is 9.55 Å². The Labute approximate surface area is 107 Å². The molecule has 0 amide bonds. The number of allylic oxidation sites excluding steroid dienone is 1. The van der Waals surface area contributed by atoms with E-state index in [0.717, 1.165) is 30.6 Å². The number of aromatic nitrogens is 2. The van der Waals surface area contributed by atoms with E-state index in [1.807, 2.05) is 6.08 Å². The molecule has 0 spiro atoms. The Morgan fingerprint density at radius 3 is 2.89 bits per heavy atom. The van der Waals surface area contributed by atoms with Crippen molar-refractivity contribution >= 4 is 11.0 Å². The van der Waals surface area contributed by atoms with Gasteiger partial charge < -0.3 is 10.3 Å². The van der Waals surface area contributed by atoms with Crippen LogP contribution in [0.4, 0.5) is 0 Å². The van der Waals surface area contributed by atoms with Gasteiger partial charge in [0.1, 0.15) is 5.82 Å². The van der Waals surface area contributed by atoms with Crippen molar-refractivity contribution < 1.29 is 0 Å². The lowest BCUT2D eigenvalue weighted by Crippen LogP contribution is -2.45. The van der Waals surface area contributed by atoms with Gasteiger partial charge in [-0.1, -0.05) is 12.1 Å². The van der Waals surface area contributed by atoms with Crippen LogP contribution < -0.4 is 5.73 Å². The molecule has 3 rings (SSSR count). The zero-order valence-electron chi connectivity index (χ0n) is 10.8. The van der Waals surface area contributed by atoms with Crippen molar-refractivity contribution in [1.29, 1.82) is 0 Å². The van der Waals surface area contributed by atoms with E-state index >= 15 is 0 Å². The van der Waals surface area contributed by atoms with Crippen LogP contribution in [0.3, 0.4) is 0 Å². The number of fused-ring (bicyclic) bond motifs is 1. The normalized spacial score (nSPS) is 17.7. The highest BCUT2D eigenvalue weighted by Gasteiger charge is 2.38. The Morgan fingerprint density at radius 2 is 2.28 bits per heavy atom. The minimum atomic E-state index is -0.202. The molecule has 2 aromatic rings. The first-order chi connectivity index (χ1) is 8.64. The molecule has 1 aliphatic rings. The van der Waals surface area contributed by atoms with Gasteiger partial charge in [0, 0.05) is 7.05 Å². The third-order valence-corrected chi connectivity index (χ3v) is 4.02. The van der Waals surface area contributed by atoms with Gasteiger partial charge in [0.15, 0.2) is 0 Å². The van der Waals surface area contributed by atoms with Gasteiger partial charge in [-0.2, -0.15) is 0 Å². The highest BCUT2D eigenvalue weighted by atomic mass is 15.1. The summed E-state index contributed by atoms with van der Waals surface area (Å²) in [7, 11) is 2.06. The van der Waals surface area contributed by atoms with Crippen LogP contribution in [0.2, 0.25) is 0 Å². The largest absolute Gasteiger partial charge is 0.330 e. The molecule has 1 fully saturated rings. The van der Waals surface area contributed by atoms with Gasteiger partial charge in [0.2, 0.25) is 0 Å². The summed E-state index contributed by atoms with van der Waals surface area (Å²) < 4.78 is 2.15. The quantitative estimate of drug-likeness (QED) is 0.839. The predicted molar refractivity (Wildman–Crippen MR) is 74.3 cm³/mol. The number of imidazole rings is 1. The Bertz CT molecular complexity index is 605. The van der Waals surface area contributed by atoms with Gasteiger partial charge in [-0.3, -0.25) is 0 Å². The molecule has 2 N–H and O–H groups in total. The van der Waals surface area contributed by atoms with Crippen LogP contribution in [-0.2, 0) is 19.0 Å². The zero-order chi connectivity index (χ0) is 12.8. The molecule has 3 heteroatoms. The van der Waals surface area contributed by atoms with E-state index in [9.17, 15) is 0 Å². The molecule has 0 bridgehead atoms.